The Kier molecular flexibility index (Phi) is 10.1. The molecule has 0 heterocycles. The number of amides is 2. The van der Waals surface area contributed by atoms with Crippen molar-refractivity contribution < 1.29 is 31.9 Å². The molecule has 0 aliphatic carbocycles. The van der Waals surface area contributed by atoms with Crippen LogP contribution >= 0.6 is 0 Å². The molecule has 3 rings (SSSR count). The smallest absolute Gasteiger partial charge is 0.264 e. The van der Waals surface area contributed by atoms with Gasteiger partial charge in [-0.25, -0.2) is 12.8 Å². The molecule has 0 spiro atoms. The number of carbonyl (C=O) groups excluding carboxylic acids is 2. The monoisotopic (exact) mass is 571 g/mol. The fourth-order valence-electron chi connectivity index (χ4n) is 4.06. The SMILES string of the molecule is CCNC(=O)[C@H](C)N(Cc1ccccc1F)C(=O)CN(c1ccc(OC)c(OC)c1)S(=O)(=O)c1ccc(C)cc1. The molecule has 0 aliphatic heterocycles. The maximum Gasteiger partial charge on any atom is 0.264 e. The topological polar surface area (TPSA) is 105 Å². The van der Waals surface area contributed by atoms with Crippen LogP contribution in [0.4, 0.5) is 10.1 Å². The molecule has 0 unspecified atom stereocenters. The second kappa shape index (κ2) is 13.3. The number of aryl methyl sites for hydroxylation is 1. The molecule has 2 amide bonds. The zero-order valence-corrected chi connectivity index (χ0v) is 24.0. The lowest BCUT2D eigenvalue weighted by atomic mass is 10.1. The second-order valence-electron chi connectivity index (χ2n) is 9.05. The van der Waals surface area contributed by atoms with Gasteiger partial charge in [0.25, 0.3) is 10.0 Å². The minimum atomic E-state index is -4.27. The lowest BCUT2D eigenvalue weighted by molar-refractivity contribution is -0.139. The molecule has 9 nitrogen and oxygen atoms in total. The van der Waals surface area contributed by atoms with Gasteiger partial charge in [0.1, 0.15) is 18.4 Å². The standard InChI is InChI=1S/C29H34FN3O6S/c1-6-31-29(35)21(3)32(18-22-9-7-8-10-25(22)30)28(34)19-33(23-13-16-26(38-4)27(17-23)39-5)40(36,37)24-14-11-20(2)12-15-24/h7-17,21H,6,18-19H2,1-5H3,(H,31,35)/t21-/m0/s1. The third kappa shape index (κ3) is 6.90. The van der Waals surface area contributed by atoms with Gasteiger partial charge in [-0.05, 0) is 51.1 Å². The van der Waals surface area contributed by atoms with Crippen LogP contribution in [0.2, 0.25) is 0 Å². The van der Waals surface area contributed by atoms with Gasteiger partial charge in [0.15, 0.2) is 11.5 Å². The predicted molar refractivity (Wildman–Crippen MR) is 150 cm³/mol. The van der Waals surface area contributed by atoms with E-state index >= 15 is 0 Å². The van der Waals surface area contributed by atoms with Gasteiger partial charge in [0, 0.05) is 24.7 Å². The zero-order chi connectivity index (χ0) is 29.4. The molecular weight excluding hydrogens is 537 g/mol. The van der Waals surface area contributed by atoms with Crippen LogP contribution in [-0.4, -0.2) is 58.5 Å². The van der Waals surface area contributed by atoms with Gasteiger partial charge in [-0.3, -0.25) is 13.9 Å². The van der Waals surface area contributed by atoms with Crippen LogP contribution in [0, 0.1) is 12.7 Å². The highest BCUT2D eigenvalue weighted by molar-refractivity contribution is 7.92. The summed E-state index contributed by atoms with van der Waals surface area (Å²) in [5, 5.41) is 2.67. The van der Waals surface area contributed by atoms with Gasteiger partial charge in [0.2, 0.25) is 11.8 Å². The third-order valence-electron chi connectivity index (χ3n) is 6.36. The van der Waals surface area contributed by atoms with Crippen LogP contribution in [0.25, 0.3) is 0 Å². The van der Waals surface area contributed by atoms with Crippen LogP contribution in [-0.2, 0) is 26.2 Å². The average molecular weight is 572 g/mol. The number of benzene rings is 3. The Morgan fingerprint density at radius 2 is 1.62 bits per heavy atom. The Balaban J connectivity index is 2.10. The van der Waals surface area contributed by atoms with Crippen molar-refractivity contribution in [2.45, 2.75) is 38.3 Å². The molecule has 3 aromatic rings. The summed E-state index contributed by atoms with van der Waals surface area (Å²) < 4.78 is 54.0. The van der Waals surface area contributed by atoms with E-state index in [1.54, 1.807) is 25.1 Å². The molecule has 0 fully saturated rings. The lowest BCUT2D eigenvalue weighted by Gasteiger charge is -2.32. The van der Waals surface area contributed by atoms with E-state index in [-0.39, 0.29) is 28.4 Å². The number of carbonyl (C=O) groups is 2. The first-order valence-corrected chi connectivity index (χ1v) is 14.1. The highest BCUT2D eigenvalue weighted by Crippen LogP contribution is 2.34. The Labute approximate surface area is 234 Å². The molecule has 0 saturated heterocycles. The lowest BCUT2D eigenvalue weighted by Crippen LogP contribution is -2.51. The van der Waals surface area contributed by atoms with E-state index < -0.39 is 40.2 Å². The normalized spacial score (nSPS) is 11.8. The van der Waals surface area contributed by atoms with Gasteiger partial charge in [-0.15, -0.1) is 0 Å². The molecule has 0 saturated carbocycles. The van der Waals surface area contributed by atoms with Crippen LogP contribution < -0.4 is 19.1 Å². The first-order chi connectivity index (χ1) is 19.0. The van der Waals surface area contributed by atoms with Crippen molar-refractivity contribution in [3.05, 3.63) is 83.7 Å². The highest BCUT2D eigenvalue weighted by atomic mass is 32.2. The fourth-order valence-corrected chi connectivity index (χ4v) is 5.47. The van der Waals surface area contributed by atoms with E-state index in [1.165, 1.54) is 74.6 Å². The van der Waals surface area contributed by atoms with Crippen molar-refractivity contribution in [1.82, 2.24) is 10.2 Å². The number of nitrogens with zero attached hydrogens (tertiary/aromatic N) is 2. The van der Waals surface area contributed by atoms with Gasteiger partial charge in [-0.1, -0.05) is 35.9 Å². The number of nitrogens with one attached hydrogen (secondary N) is 1. The van der Waals surface area contributed by atoms with Crippen molar-refractivity contribution in [2.75, 3.05) is 31.6 Å². The average Bonchev–Trinajstić information content (AvgIpc) is 2.94. The number of hydrogen-bond donors (Lipinski definition) is 1. The van der Waals surface area contributed by atoms with Crippen molar-refractivity contribution >= 4 is 27.5 Å². The van der Waals surface area contributed by atoms with E-state index in [9.17, 15) is 22.4 Å². The first kappa shape index (κ1) is 30.4. The summed E-state index contributed by atoms with van der Waals surface area (Å²) in [5.41, 5.74) is 1.19. The summed E-state index contributed by atoms with van der Waals surface area (Å²) in [7, 11) is -1.40. The minimum Gasteiger partial charge on any atom is -0.493 e. The van der Waals surface area contributed by atoms with E-state index in [0.29, 0.717) is 12.3 Å². The maximum atomic E-state index is 14.6. The summed E-state index contributed by atoms with van der Waals surface area (Å²) in [6.45, 7) is 4.50. The van der Waals surface area contributed by atoms with E-state index in [1.807, 2.05) is 6.92 Å². The summed E-state index contributed by atoms with van der Waals surface area (Å²) in [6.07, 6.45) is 0. The van der Waals surface area contributed by atoms with Crippen LogP contribution in [0.3, 0.4) is 0 Å². The molecule has 11 heteroatoms. The Morgan fingerprint density at radius 3 is 2.23 bits per heavy atom. The summed E-state index contributed by atoms with van der Waals surface area (Å²) in [6, 6.07) is 15.6. The molecule has 1 atom stereocenters. The van der Waals surface area contributed by atoms with Crippen molar-refractivity contribution in [3.8, 4) is 11.5 Å². The number of likely N-dealkylation sites (N-methyl/N-ethyl adjacent to an activating group) is 1. The number of methoxy groups -OCH3 is 2. The van der Waals surface area contributed by atoms with E-state index in [4.69, 9.17) is 9.47 Å². The number of ether oxygens (including phenoxy) is 2. The molecule has 0 bridgehead atoms. The quantitative estimate of drug-likeness (QED) is 0.354. The molecular formula is C29H34FN3O6S. The Bertz CT molecular complexity index is 1450. The third-order valence-corrected chi connectivity index (χ3v) is 8.15. The van der Waals surface area contributed by atoms with Crippen molar-refractivity contribution in [2.24, 2.45) is 0 Å². The number of anilines is 1. The molecule has 0 aliphatic rings. The fraction of sp³-hybridized carbons (Fsp3) is 0.310. The molecule has 1 N–H and O–H groups in total. The van der Waals surface area contributed by atoms with Gasteiger partial charge in [-0.2, -0.15) is 0 Å². The van der Waals surface area contributed by atoms with Crippen molar-refractivity contribution in [1.29, 1.82) is 0 Å². The van der Waals surface area contributed by atoms with Gasteiger partial charge in [0.05, 0.1) is 24.8 Å². The second-order valence-corrected chi connectivity index (χ2v) is 10.9. The molecule has 0 aromatic heterocycles. The molecule has 3 aromatic carbocycles. The zero-order valence-electron chi connectivity index (χ0n) is 23.2. The Morgan fingerprint density at radius 1 is 0.975 bits per heavy atom. The van der Waals surface area contributed by atoms with Gasteiger partial charge >= 0.3 is 0 Å². The van der Waals surface area contributed by atoms with Crippen molar-refractivity contribution in [3.63, 3.8) is 0 Å². The number of sulfonamides is 1. The van der Waals surface area contributed by atoms with Crippen LogP contribution in [0.15, 0.2) is 71.6 Å². The molecule has 0 radical (unpaired) electrons. The largest absolute Gasteiger partial charge is 0.493 e. The molecule has 40 heavy (non-hydrogen) atoms. The Hall–Kier alpha value is -4.12. The summed E-state index contributed by atoms with van der Waals surface area (Å²) in [5.74, 6) is -1.07. The van der Waals surface area contributed by atoms with E-state index in [0.717, 1.165) is 9.87 Å². The summed E-state index contributed by atoms with van der Waals surface area (Å²) >= 11 is 0. The van der Waals surface area contributed by atoms with E-state index in [2.05, 4.69) is 5.32 Å². The maximum absolute atomic E-state index is 14.6. The first-order valence-electron chi connectivity index (χ1n) is 12.7. The summed E-state index contributed by atoms with van der Waals surface area (Å²) in [4.78, 5) is 27.8. The van der Waals surface area contributed by atoms with Crippen LogP contribution in [0.5, 0.6) is 11.5 Å². The van der Waals surface area contributed by atoms with Gasteiger partial charge < -0.3 is 19.7 Å². The number of halogens is 1. The van der Waals surface area contributed by atoms with Crippen LogP contribution in [0.1, 0.15) is 25.0 Å². The minimum absolute atomic E-state index is 0.0295. The number of hydrogen-bond acceptors (Lipinski definition) is 6. The number of rotatable bonds is 12. The molecule has 214 valence electrons. The predicted octanol–water partition coefficient (Wildman–Crippen LogP) is 3.90. The highest BCUT2D eigenvalue weighted by Gasteiger charge is 2.33.